The molecule has 0 saturated heterocycles. The van der Waals surface area contributed by atoms with Crippen LogP contribution < -0.4 is 0 Å². The Labute approximate surface area is 54.0 Å². The minimum Gasteiger partial charge on any atom is -0.376 e. The van der Waals surface area contributed by atoms with Crippen LogP contribution in [0.1, 0.15) is 20.8 Å². The minimum atomic E-state index is 0.0383. The Balaban J connectivity index is 3.11. The highest BCUT2D eigenvalue weighted by Gasteiger charge is 2.07. The fraction of sp³-hybridized carbons (Fsp3) is 1.00. The lowest BCUT2D eigenvalue weighted by Crippen LogP contribution is -2.19. The van der Waals surface area contributed by atoms with E-state index in [1.165, 1.54) is 0 Å². The maximum absolute atomic E-state index is 5.36. The first-order chi connectivity index (χ1) is 3.56. The van der Waals surface area contributed by atoms with E-state index in [0.29, 0.717) is 0 Å². The molecule has 0 aromatic carbocycles. The summed E-state index contributed by atoms with van der Waals surface area (Å²) >= 11 is 0. The molecule has 0 aromatic heterocycles. The lowest BCUT2D eigenvalue weighted by atomic mass is 10.2. The first-order valence-corrected chi connectivity index (χ1v) is 3.72. The fourth-order valence-electron chi connectivity index (χ4n) is 0.365. The minimum absolute atomic E-state index is 0.0383. The number of hydrogen-bond acceptors (Lipinski definition) is 1. The zero-order chi connectivity index (χ0) is 6.62. The fourth-order valence-corrected chi connectivity index (χ4v) is 0.483. The summed E-state index contributed by atoms with van der Waals surface area (Å²) in [4.78, 5) is 0. The molecule has 0 bridgehead atoms. The molecule has 0 aliphatic rings. The summed E-state index contributed by atoms with van der Waals surface area (Å²) in [5.41, 5.74) is 0.0383. The molecule has 0 rings (SSSR count). The van der Waals surface area contributed by atoms with Crippen LogP contribution in [0.2, 0.25) is 0 Å². The van der Waals surface area contributed by atoms with Gasteiger partial charge in [0.25, 0.3) is 0 Å². The lowest BCUT2D eigenvalue weighted by Gasteiger charge is -2.18. The van der Waals surface area contributed by atoms with Crippen molar-refractivity contribution in [1.29, 1.82) is 0 Å². The molecule has 8 heavy (non-hydrogen) atoms. The van der Waals surface area contributed by atoms with Crippen LogP contribution in [0.4, 0.5) is 0 Å². The van der Waals surface area contributed by atoms with Gasteiger partial charge in [-0.15, -0.1) is 9.24 Å². The number of rotatable bonds is 2. The van der Waals surface area contributed by atoms with Gasteiger partial charge in [-0.3, -0.25) is 0 Å². The van der Waals surface area contributed by atoms with E-state index in [9.17, 15) is 0 Å². The van der Waals surface area contributed by atoms with E-state index in [0.717, 1.165) is 12.8 Å². The molecule has 1 unspecified atom stereocenters. The third kappa shape index (κ3) is 6.39. The van der Waals surface area contributed by atoms with Crippen LogP contribution in [-0.4, -0.2) is 18.4 Å². The van der Waals surface area contributed by atoms with Gasteiger partial charge in [-0.05, 0) is 26.9 Å². The summed E-state index contributed by atoms with van der Waals surface area (Å²) in [5, 5.41) is 0. The maximum atomic E-state index is 5.36. The third-order valence-electron chi connectivity index (χ3n) is 0.653. The Kier molecular flexibility index (Phi) is 3.59. The Hall–Kier alpha value is 0.390. The van der Waals surface area contributed by atoms with Gasteiger partial charge >= 0.3 is 0 Å². The first-order valence-electron chi connectivity index (χ1n) is 2.90. The van der Waals surface area contributed by atoms with Crippen LogP contribution in [0.3, 0.4) is 0 Å². The van der Waals surface area contributed by atoms with Crippen LogP contribution in [0.15, 0.2) is 0 Å². The van der Waals surface area contributed by atoms with Crippen LogP contribution >= 0.6 is 9.24 Å². The van der Waals surface area contributed by atoms with E-state index in [-0.39, 0.29) is 5.60 Å². The summed E-state index contributed by atoms with van der Waals surface area (Å²) in [5.74, 6) is 0. The van der Waals surface area contributed by atoms with Gasteiger partial charge in [0.1, 0.15) is 0 Å². The highest BCUT2D eigenvalue weighted by atomic mass is 31.0. The molecule has 0 amide bonds. The zero-order valence-electron chi connectivity index (χ0n) is 5.90. The molecule has 50 valence electrons. The lowest BCUT2D eigenvalue weighted by molar-refractivity contribution is 0.00688. The molecule has 0 heterocycles. The molecule has 0 fully saturated rings. The van der Waals surface area contributed by atoms with Crippen molar-refractivity contribution in [3.63, 3.8) is 0 Å². The molecule has 2 heteroatoms. The normalized spacial score (nSPS) is 12.0. The Bertz CT molecular complexity index is 56.0. The van der Waals surface area contributed by atoms with E-state index in [2.05, 4.69) is 30.0 Å². The molecule has 0 saturated carbocycles. The molecule has 0 N–H and O–H groups in total. The molecule has 0 aliphatic heterocycles. The molecular weight excluding hydrogens is 119 g/mol. The Morgan fingerprint density at radius 1 is 1.38 bits per heavy atom. The Morgan fingerprint density at radius 3 is 2.00 bits per heavy atom. The molecule has 1 nitrogen and oxygen atoms in total. The van der Waals surface area contributed by atoms with Gasteiger partial charge in [-0.25, -0.2) is 0 Å². The van der Waals surface area contributed by atoms with Crippen molar-refractivity contribution in [3.05, 3.63) is 0 Å². The molecule has 1 atom stereocenters. The van der Waals surface area contributed by atoms with Crippen LogP contribution in [-0.2, 0) is 4.74 Å². The second-order valence-corrected chi connectivity index (χ2v) is 3.33. The molecule has 0 aromatic rings. The number of ether oxygens (including phenoxy) is 1. The van der Waals surface area contributed by atoms with Crippen LogP contribution in [0.5, 0.6) is 0 Å². The SMILES string of the molecule is CC(C)(C)OCCP. The molecule has 0 aliphatic carbocycles. The average Bonchev–Trinajstić information content (AvgIpc) is 1.59. The van der Waals surface area contributed by atoms with Gasteiger partial charge in [-0.2, -0.15) is 0 Å². The van der Waals surface area contributed by atoms with E-state index < -0.39 is 0 Å². The van der Waals surface area contributed by atoms with Gasteiger partial charge in [0.05, 0.1) is 12.2 Å². The van der Waals surface area contributed by atoms with Crippen molar-refractivity contribution in [2.45, 2.75) is 26.4 Å². The van der Waals surface area contributed by atoms with Crippen molar-refractivity contribution in [3.8, 4) is 0 Å². The predicted octanol–water partition coefficient (Wildman–Crippen LogP) is 1.68. The smallest absolute Gasteiger partial charge is 0.0598 e. The zero-order valence-corrected chi connectivity index (χ0v) is 7.05. The third-order valence-corrected chi connectivity index (χ3v) is 0.889. The highest BCUT2D eigenvalue weighted by molar-refractivity contribution is 7.16. The van der Waals surface area contributed by atoms with Crippen molar-refractivity contribution in [2.24, 2.45) is 0 Å². The molecular formula is C6H15OP. The van der Waals surface area contributed by atoms with E-state index in [1.807, 2.05) is 0 Å². The molecule has 0 radical (unpaired) electrons. The predicted molar refractivity (Wildman–Crippen MR) is 40.3 cm³/mol. The van der Waals surface area contributed by atoms with Crippen LogP contribution in [0, 0.1) is 0 Å². The van der Waals surface area contributed by atoms with Gasteiger partial charge in [0.15, 0.2) is 0 Å². The van der Waals surface area contributed by atoms with E-state index in [1.54, 1.807) is 0 Å². The summed E-state index contributed by atoms with van der Waals surface area (Å²) in [6.45, 7) is 7.03. The van der Waals surface area contributed by atoms with E-state index >= 15 is 0 Å². The maximum Gasteiger partial charge on any atom is 0.0598 e. The van der Waals surface area contributed by atoms with Crippen molar-refractivity contribution in [1.82, 2.24) is 0 Å². The van der Waals surface area contributed by atoms with Crippen molar-refractivity contribution in [2.75, 3.05) is 12.8 Å². The topological polar surface area (TPSA) is 9.23 Å². The quantitative estimate of drug-likeness (QED) is 0.522. The van der Waals surface area contributed by atoms with Gasteiger partial charge in [0.2, 0.25) is 0 Å². The summed E-state index contributed by atoms with van der Waals surface area (Å²) in [6, 6.07) is 0. The van der Waals surface area contributed by atoms with Gasteiger partial charge in [-0.1, -0.05) is 0 Å². The summed E-state index contributed by atoms with van der Waals surface area (Å²) in [6.07, 6.45) is 1.03. The first kappa shape index (κ1) is 8.39. The van der Waals surface area contributed by atoms with Crippen LogP contribution in [0.25, 0.3) is 0 Å². The van der Waals surface area contributed by atoms with Gasteiger partial charge in [0, 0.05) is 0 Å². The summed E-state index contributed by atoms with van der Waals surface area (Å²) in [7, 11) is 2.63. The largest absolute Gasteiger partial charge is 0.376 e. The van der Waals surface area contributed by atoms with Crippen molar-refractivity contribution < 1.29 is 4.74 Å². The monoisotopic (exact) mass is 134 g/mol. The average molecular weight is 134 g/mol. The van der Waals surface area contributed by atoms with Crippen molar-refractivity contribution >= 4 is 9.24 Å². The highest BCUT2D eigenvalue weighted by Crippen LogP contribution is 2.05. The van der Waals surface area contributed by atoms with Gasteiger partial charge < -0.3 is 4.74 Å². The van der Waals surface area contributed by atoms with E-state index in [4.69, 9.17) is 4.74 Å². The summed E-state index contributed by atoms with van der Waals surface area (Å²) < 4.78 is 5.36. The second-order valence-electron chi connectivity index (χ2n) is 2.75. The standard InChI is InChI=1S/C6H15OP/c1-6(2,3)7-4-5-8/h4-5,8H2,1-3H3. The second kappa shape index (κ2) is 3.42. The number of hydrogen-bond donors (Lipinski definition) is 0. The molecule has 0 spiro atoms. The Morgan fingerprint density at radius 2 is 1.88 bits per heavy atom.